The van der Waals surface area contributed by atoms with E-state index in [-0.39, 0.29) is 0 Å². The number of para-hydroxylation sites is 1. The van der Waals surface area contributed by atoms with Crippen LogP contribution in [-0.4, -0.2) is 33.8 Å². The molecule has 0 unspecified atom stereocenters. The summed E-state index contributed by atoms with van der Waals surface area (Å²) in [4.78, 5) is 28.1. The van der Waals surface area contributed by atoms with Crippen molar-refractivity contribution in [2.24, 2.45) is 0 Å². The maximum absolute atomic E-state index is 14.6. The van der Waals surface area contributed by atoms with Crippen molar-refractivity contribution in [1.29, 1.82) is 0 Å². The summed E-state index contributed by atoms with van der Waals surface area (Å²) in [5.41, 5.74) is 3.03. The number of halogens is 1. The first-order valence-corrected chi connectivity index (χ1v) is 9.87. The van der Waals surface area contributed by atoms with Crippen molar-refractivity contribution in [1.82, 2.24) is 20.2 Å². The summed E-state index contributed by atoms with van der Waals surface area (Å²) in [6, 6.07) is 13.7. The number of carbonyl (C=O) groups excluding carboxylic acids is 2. The van der Waals surface area contributed by atoms with Gasteiger partial charge < -0.3 is 5.32 Å². The van der Waals surface area contributed by atoms with E-state index < -0.39 is 23.0 Å². The zero-order valence-electron chi connectivity index (χ0n) is 16.3. The third-order valence-corrected chi connectivity index (χ3v) is 5.35. The highest BCUT2D eigenvalue weighted by Crippen LogP contribution is 2.32. The van der Waals surface area contributed by atoms with Crippen LogP contribution < -0.4 is 10.6 Å². The number of nitrogens with one attached hydrogen (secondary N) is 2. The quantitative estimate of drug-likeness (QED) is 0.623. The van der Waals surface area contributed by atoms with E-state index in [1.165, 1.54) is 13.1 Å². The van der Waals surface area contributed by atoms with Crippen LogP contribution in [0.2, 0.25) is 0 Å². The van der Waals surface area contributed by atoms with E-state index in [0.29, 0.717) is 16.5 Å². The Hall–Kier alpha value is -3.13. The van der Waals surface area contributed by atoms with Gasteiger partial charge in [-0.25, -0.2) is 14.2 Å². The molecule has 0 spiro atoms. The van der Waals surface area contributed by atoms with Crippen molar-refractivity contribution in [3.63, 3.8) is 0 Å². The Morgan fingerprint density at radius 1 is 1.14 bits per heavy atom. The van der Waals surface area contributed by atoms with Crippen molar-refractivity contribution in [2.45, 2.75) is 24.3 Å². The predicted molar refractivity (Wildman–Crippen MR) is 112 cm³/mol. The smallest absolute Gasteiger partial charge is 0.321 e. The van der Waals surface area contributed by atoms with Crippen LogP contribution >= 0.6 is 11.8 Å². The van der Waals surface area contributed by atoms with Gasteiger partial charge in [-0.3, -0.25) is 14.7 Å². The molecule has 0 radical (unpaired) electrons. The van der Waals surface area contributed by atoms with Gasteiger partial charge in [-0.2, -0.15) is 0 Å². The standard InChI is InChI=1S/C21H21FN4O2S/c1-13-8-10-15(11-9-13)18-12-24-21(26(18)17-7-5-4-6-16(17)22)29-14(2)19(27)25-20(28)23-3/h4-12,14H,1-3H3,(H2,23,25,27,28)/t14-/m1/s1. The van der Waals surface area contributed by atoms with E-state index in [0.717, 1.165) is 22.9 Å². The lowest BCUT2D eigenvalue weighted by atomic mass is 10.1. The van der Waals surface area contributed by atoms with E-state index in [1.807, 2.05) is 31.2 Å². The molecule has 8 heteroatoms. The van der Waals surface area contributed by atoms with E-state index in [1.54, 1.807) is 35.9 Å². The minimum absolute atomic E-state index is 0.335. The topological polar surface area (TPSA) is 76.0 Å². The molecule has 2 N–H and O–H groups in total. The summed E-state index contributed by atoms with van der Waals surface area (Å²) >= 11 is 1.15. The lowest BCUT2D eigenvalue weighted by molar-refractivity contribution is -0.119. The second-order valence-corrected chi connectivity index (χ2v) is 7.72. The van der Waals surface area contributed by atoms with Crippen LogP contribution in [0, 0.1) is 12.7 Å². The summed E-state index contributed by atoms with van der Waals surface area (Å²) in [7, 11) is 1.43. The molecule has 0 saturated carbocycles. The molecule has 0 saturated heterocycles. The van der Waals surface area contributed by atoms with Crippen LogP contribution in [0.1, 0.15) is 12.5 Å². The molecule has 6 nitrogen and oxygen atoms in total. The van der Waals surface area contributed by atoms with Crippen molar-refractivity contribution in [3.05, 3.63) is 66.1 Å². The molecular weight excluding hydrogens is 391 g/mol. The fourth-order valence-corrected chi connectivity index (χ4v) is 3.60. The van der Waals surface area contributed by atoms with Gasteiger partial charge in [-0.15, -0.1) is 0 Å². The Bertz CT molecular complexity index is 1030. The van der Waals surface area contributed by atoms with Crippen LogP contribution in [0.25, 0.3) is 16.9 Å². The number of imide groups is 1. The molecule has 3 aromatic rings. The number of aryl methyl sites for hydroxylation is 1. The molecule has 29 heavy (non-hydrogen) atoms. The third kappa shape index (κ3) is 4.65. The number of imidazole rings is 1. The molecule has 150 valence electrons. The predicted octanol–water partition coefficient (Wildman–Crippen LogP) is 3.92. The number of benzene rings is 2. The first-order valence-electron chi connectivity index (χ1n) is 8.99. The van der Waals surface area contributed by atoms with Crippen molar-refractivity contribution in [2.75, 3.05) is 7.05 Å². The highest BCUT2D eigenvalue weighted by atomic mass is 32.2. The van der Waals surface area contributed by atoms with E-state index in [4.69, 9.17) is 0 Å². The molecule has 3 amide bonds. The number of thioether (sulfide) groups is 1. The molecular formula is C21H21FN4O2S. The molecule has 0 aliphatic rings. The van der Waals surface area contributed by atoms with Gasteiger partial charge in [0.05, 0.1) is 22.8 Å². The summed E-state index contributed by atoms with van der Waals surface area (Å²) in [5.74, 6) is -0.863. The number of amides is 3. The summed E-state index contributed by atoms with van der Waals surface area (Å²) < 4.78 is 16.3. The Labute approximate surface area is 172 Å². The summed E-state index contributed by atoms with van der Waals surface area (Å²) in [6.07, 6.45) is 1.66. The maximum Gasteiger partial charge on any atom is 0.321 e. The lowest BCUT2D eigenvalue weighted by Gasteiger charge is -2.15. The second-order valence-electron chi connectivity index (χ2n) is 6.41. The Kier molecular flexibility index (Phi) is 6.33. The van der Waals surface area contributed by atoms with Gasteiger partial charge in [0.15, 0.2) is 5.16 Å². The van der Waals surface area contributed by atoms with Gasteiger partial charge in [0.1, 0.15) is 5.82 Å². The third-order valence-electron chi connectivity index (χ3n) is 4.29. The van der Waals surface area contributed by atoms with E-state index >= 15 is 0 Å². The van der Waals surface area contributed by atoms with Gasteiger partial charge in [-0.05, 0) is 26.0 Å². The molecule has 1 aromatic heterocycles. The first kappa shape index (κ1) is 20.6. The lowest BCUT2D eigenvalue weighted by Crippen LogP contribution is -2.41. The number of urea groups is 1. The zero-order valence-corrected chi connectivity index (χ0v) is 17.1. The number of hydrogen-bond acceptors (Lipinski definition) is 4. The molecule has 1 heterocycles. The van der Waals surface area contributed by atoms with Crippen molar-refractivity contribution < 1.29 is 14.0 Å². The summed E-state index contributed by atoms with van der Waals surface area (Å²) in [5, 5.41) is 4.41. The number of rotatable bonds is 5. The van der Waals surface area contributed by atoms with Crippen LogP contribution in [0.15, 0.2) is 59.9 Å². The maximum atomic E-state index is 14.6. The fourth-order valence-electron chi connectivity index (χ4n) is 2.70. The fraction of sp³-hybridized carbons (Fsp3) is 0.190. The first-order chi connectivity index (χ1) is 13.9. The SMILES string of the molecule is CNC(=O)NC(=O)[C@@H](C)Sc1ncc(-c2ccc(C)cc2)n1-c1ccccc1F. The summed E-state index contributed by atoms with van der Waals surface area (Å²) in [6.45, 7) is 3.65. The highest BCUT2D eigenvalue weighted by molar-refractivity contribution is 8.00. The van der Waals surface area contributed by atoms with Crippen LogP contribution in [0.3, 0.4) is 0 Å². The molecule has 1 atom stereocenters. The minimum Gasteiger partial charge on any atom is -0.341 e. The van der Waals surface area contributed by atoms with Gasteiger partial charge in [0.25, 0.3) is 0 Å². The van der Waals surface area contributed by atoms with Gasteiger partial charge in [-0.1, -0.05) is 53.7 Å². The molecule has 0 bridgehead atoms. The molecule has 2 aromatic carbocycles. The minimum atomic E-state index is -0.619. The molecule has 3 rings (SSSR count). The second kappa shape index (κ2) is 8.91. The average Bonchev–Trinajstić information content (AvgIpc) is 3.12. The van der Waals surface area contributed by atoms with E-state index in [2.05, 4.69) is 15.6 Å². The Morgan fingerprint density at radius 3 is 2.48 bits per heavy atom. The number of nitrogens with zero attached hydrogens (tertiary/aromatic N) is 2. The normalized spacial score (nSPS) is 11.7. The van der Waals surface area contributed by atoms with Crippen LogP contribution in [0.4, 0.5) is 9.18 Å². The van der Waals surface area contributed by atoms with Gasteiger partial charge in [0.2, 0.25) is 5.91 Å². The van der Waals surface area contributed by atoms with E-state index in [9.17, 15) is 14.0 Å². The average molecular weight is 412 g/mol. The zero-order chi connectivity index (χ0) is 21.0. The number of aromatic nitrogens is 2. The largest absolute Gasteiger partial charge is 0.341 e. The highest BCUT2D eigenvalue weighted by Gasteiger charge is 2.22. The molecule has 0 aliphatic carbocycles. The van der Waals surface area contributed by atoms with Crippen molar-refractivity contribution in [3.8, 4) is 16.9 Å². The van der Waals surface area contributed by atoms with Crippen LogP contribution in [0.5, 0.6) is 0 Å². The Morgan fingerprint density at radius 2 is 1.83 bits per heavy atom. The molecule has 0 aliphatic heterocycles. The Balaban J connectivity index is 2.02. The van der Waals surface area contributed by atoms with Gasteiger partial charge in [0, 0.05) is 12.6 Å². The van der Waals surface area contributed by atoms with Crippen LogP contribution in [-0.2, 0) is 4.79 Å². The number of carbonyl (C=O) groups is 2. The monoisotopic (exact) mass is 412 g/mol. The van der Waals surface area contributed by atoms with Gasteiger partial charge >= 0.3 is 6.03 Å². The molecule has 0 fully saturated rings. The number of hydrogen-bond donors (Lipinski definition) is 2. The van der Waals surface area contributed by atoms with Crippen molar-refractivity contribution >= 4 is 23.7 Å².